The summed E-state index contributed by atoms with van der Waals surface area (Å²) in [5.41, 5.74) is 6.21. The number of anilines is 1. The maximum Gasteiger partial charge on any atom is 0.267 e. The molecule has 1 aliphatic rings. The maximum atomic E-state index is 13.1. The van der Waals surface area contributed by atoms with Crippen LogP contribution in [0.1, 0.15) is 40.0 Å². The van der Waals surface area contributed by atoms with E-state index in [2.05, 4.69) is 24.3 Å². The summed E-state index contributed by atoms with van der Waals surface area (Å²) in [4.78, 5) is 24.1. The van der Waals surface area contributed by atoms with Crippen LogP contribution in [0.25, 0.3) is 0 Å². The van der Waals surface area contributed by atoms with Crippen LogP contribution in [0.5, 0.6) is 0 Å². The quantitative estimate of drug-likeness (QED) is 0.792. The van der Waals surface area contributed by atoms with E-state index in [-0.39, 0.29) is 29.9 Å². The smallest absolute Gasteiger partial charge is 0.267 e. The Morgan fingerprint density at radius 1 is 1.28 bits per heavy atom. The molecule has 1 aromatic rings. The molecule has 0 saturated carbocycles. The summed E-state index contributed by atoms with van der Waals surface area (Å²) in [6.07, 6.45) is 2.02. The lowest BCUT2D eigenvalue weighted by Crippen LogP contribution is -2.40. The molecule has 0 aromatic heterocycles. The number of nitrogens with zero attached hydrogens (tertiary/aromatic N) is 2. The second-order valence-electron chi connectivity index (χ2n) is 6.84. The van der Waals surface area contributed by atoms with E-state index < -0.39 is 11.9 Å². The van der Waals surface area contributed by atoms with Crippen LogP contribution in [0.2, 0.25) is 0 Å². The number of carbonyl (C=O) groups is 2. The topological polar surface area (TPSA) is 87.8 Å². The fraction of sp³-hybridized carbons (Fsp3) is 0.500. The molecule has 1 aliphatic heterocycles. The Morgan fingerprint density at radius 3 is 2.48 bits per heavy atom. The molecule has 6 nitrogen and oxygen atoms in total. The molecule has 0 spiro atoms. The Labute approximate surface area is 147 Å². The van der Waals surface area contributed by atoms with E-state index in [0.29, 0.717) is 11.6 Å². The van der Waals surface area contributed by atoms with Crippen molar-refractivity contribution in [2.75, 3.05) is 5.01 Å². The minimum absolute atomic E-state index is 0.0181. The molecule has 2 rings (SSSR count). The lowest BCUT2D eigenvalue weighted by molar-refractivity contribution is -0.119. The summed E-state index contributed by atoms with van der Waals surface area (Å²) in [5, 5.41) is 8.55. The molecule has 0 bridgehead atoms. The molecule has 136 valence electrons. The molecule has 0 unspecified atom stereocenters. The predicted octanol–water partition coefficient (Wildman–Crippen LogP) is 2.19. The van der Waals surface area contributed by atoms with E-state index in [1.54, 1.807) is 0 Å². The van der Waals surface area contributed by atoms with Crippen molar-refractivity contribution in [3.05, 3.63) is 30.1 Å². The molecule has 0 saturated heterocycles. The Balaban J connectivity index is 2.10. The standard InChI is InChI=1S/C18H25FN4O2/c1-11(2)4-5-12(3)21-18(25)15-10-16(17(20)24)23(22-15)14-8-6-13(19)7-9-14/h6-9,11-12,16H,4-5,10H2,1-3H3,(H2,20,24)(H,21,25)/t12-,16+/m1/s1. The van der Waals surface area contributed by atoms with Gasteiger partial charge < -0.3 is 11.1 Å². The zero-order chi connectivity index (χ0) is 18.6. The first-order valence-electron chi connectivity index (χ1n) is 8.50. The van der Waals surface area contributed by atoms with Gasteiger partial charge in [-0.15, -0.1) is 0 Å². The van der Waals surface area contributed by atoms with Crippen LogP contribution >= 0.6 is 0 Å². The van der Waals surface area contributed by atoms with E-state index in [0.717, 1.165) is 12.8 Å². The highest BCUT2D eigenvalue weighted by Crippen LogP contribution is 2.25. The molecular weight excluding hydrogens is 323 g/mol. The minimum atomic E-state index is -0.753. The van der Waals surface area contributed by atoms with Crippen LogP contribution in [-0.2, 0) is 9.59 Å². The van der Waals surface area contributed by atoms with Crippen LogP contribution in [0.3, 0.4) is 0 Å². The van der Waals surface area contributed by atoms with E-state index >= 15 is 0 Å². The number of hydrogen-bond donors (Lipinski definition) is 2. The summed E-state index contributed by atoms with van der Waals surface area (Å²) in [5.74, 6) is -0.702. The van der Waals surface area contributed by atoms with Gasteiger partial charge in [0.25, 0.3) is 5.91 Å². The minimum Gasteiger partial charge on any atom is -0.368 e. The van der Waals surface area contributed by atoms with Gasteiger partial charge in [0.15, 0.2) is 0 Å². The van der Waals surface area contributed by atoms with Gasteiger partial charge in [0, 0.05) is 12.5 Å². The van der Waals surface area contributed by atoms with Gasteiger partial charge in [-0.3, -0.25) is 14.6 Å². The predicted molar refractivity (Wildman–Crippen MR) is 95.6 cm³/mol. The number of carbonyl (C=O) groups excluding carboxylic acids is 2. The van der Waals surface area contributed by atoms with Crippen molar-refractivity contribution in [3.63, 3.8) is 0 Å². The van der Waals surface area contributed by atoms with Crippen molar-refractivity contribution in [1.82, 2.24) is 5.32 Å². The van der Waals surface area contributed by atoms with Gasteiger partial charge in [-0.05, 0) is 49.9 Å². The zero-order valence-electron chi connectivity index (χ0n) is 14.8. The van der Waals surface area contributed by atoms with Crippen molar-refractivity contribution < 1.29 is 14.0 Å². The van der Waals surface area contributed by atoms with Crippen LogP contribution in [0.15, 0.2) is 29.4 Å². The molecular formula is C18H25FN4O2. The first-order chi connectivity index (χ1) is 11.8. The van der Waals surface area contributed by atoms with E-state index in [1.807, 2.05) is 6.92 Å². The third-order valence-corrected chi connectivity index (χ3v) is 4.15. The van der Waals surface area contributed by atoms with Crippen molar-refractivity contribution in [2.45, 2.75) is 52.1 Å². The van der Waals surface area contributed by atoms with Gasteiger partial charge in [-0.2, -0.15) is 5.10 Å². The molecule has 1 aromatic carbocycles. The second kappa shape index (κ2) is 8.09. The number of nitrogens with two attached hydrogens (primary N) is 1. The zero-order valence-corrected chi connectivity index (χ0v) is 14.8. The third-order valence-electron chi connectivity index (χ3n) is 4.15. The number of nitrogens with one attached hydrogen (secondary N) is 1. The molecule has 3 N–H and O–H groups in total. The van der Waals surface area contributed by atoms with Crippen molar-refractivity contribution >= 4 is 23.2 Å². The Hall–Kier alpha value is -2.44. The first kappa shape index (κ1) is 18.9. The average Bonchev–Trinajstić information content (AvgIpc) is 2.99. The van der Waals surface area contributed by atoms with Gasteiger partial charge in [0.05, 0.1) is 5.69 Å². The molecule has 1 heterocycles. The molecule has 0 radical (unpaired) electrons. The van der Waals surface area contributed by atoms with Gasteiger partial charge in [0.1, 0.15) is 17.6 Å². The van der Waals surface area contributed by atoms with Gasteiger partial charge in [-0.1, -0.05) is 13.8 Å². The number of rotatable bonds is 7. The summed E-state index contributed by atoms with van der Waals surface area (Å²) in [7, 11) is 0. The lowest BCUT2D eigenvalue weighted by Gasteiger charge is -2.20. The monoisotopic (exact) mass is 348 g/mol. The fourth-order valence-electron chi connectivity index (χ4n) is 2.66. The number of hydrazone groups is 1. The summed E-state index contributed by atoms with van der Waals surface area (Å²) in [6.45, 7) is 6.21. The Morgan fingerprint density at radius 2 is 1.92 bits per heavy atom. The average molecular weight is 348 g/mol. The highest BCUT2D eigenvalue weighted by atomic mass is 19.1. The van der Waals surface area contributed by atoms with Gasteiger partial charge in [0.2, 0.25) is 5.91 Å². The largest absolute Gasteiger partial charge is 0.368 e. The van der Waals surface area contributed by atoms with Crippen LogP contribution < -0.4 is 16.1 Å². The van der Waals surface area contributed by atoms with Crippen LogP contribution in [0.4, 0.5) is 10.1 Å². The van der Waals surface area contributed by atoms with E-state index in [4.69, 9.17) is 5.73 Å². The van der Waals surface area contributed by atoms with Gasteiger partial charge in [-0.25, -0.2) is 4.39 Å². The number of amides is 2. The van der Waals surface area contributed by atoms with E-state index in [9.17, 15) is 14.0 Å². The third kappa shape index (κ3) is 5.01. The normalized spacial score (nSPS) is 18.2. The van der Waals surface area contributed by atoms with Gasteiger partial charge >= 0.3 is 0 Å². The summed E-state index contributed by atoms with van der Waals surface area (Å²) in [6, 6.07) is 4.81. The first-order valence-corrected chi connectivity index (χ1v) is 8.50. The number of benzene rings is 1. The highest BCUT2D eigenvalue weighted by Gasteiger charge is 2.35. The second-order valence-corrected chi connectivity index (χ2v) is 6.84. The van der Waals surface area contributed by atoms with Crippen molar-refractivity contribution in [3.8, 4) is 0 Å². The molecule has 0 fully saturated rings. The van der Waals surface area contributed by atoms with Crippen LogP contribution in [-0.4, -0.2) is 29.6 Å². The molecule has 0 aliphatic carbocycles. The van der Waals surface area contributed by atoms with Crippen LogP contribution in [0, 0.1) is 11.7 Å². The number of halogens is 1. The number of hydrogen-bond acceptors (Lipinski definition) is 4. The SMILES string of the molecule is CC(C)CC[C@@H](C)NC(=O)C1=NN(c2ccc(F)cc2)[C@H](C(N)=O)C1. The summed E-state index contributed by atoms with van der Waals surface area (Å²) >= 11 is 0. The molecule has 25 heavy (non-hydrogen) atoms. The highest BCUT2D eigenvalue weighted by molar-refractivity contribution is 6.40. The maximum absolute atomic E-state index is 13.1. The lowest BCUT2D eigenvalue weighted by atomic mass is 10.0. The fourth-order valence-corrected chi connectivity index (χ4v) is 2.66. The van der Waals surface area contributed by atoms with Crippen molar-refractivity contribution in [1.29, 1.82) is 0 Å². The summed E-state index contributed by atoms with van der Waals surface area (Å²) < 4.78 is 13.1. The number of primary amides is 1. The molecule has 7 heteroatoms. The Bertz CT molecular complexity index is 658. The van der Waals surface area contributed by atoms with Crippen molar-refractivity contribution in [2.24, 2.45) is 16.8 Å². The Kier molecular flexibility index (Phi) is 6.12. The van der Waals surface area contributed by atoms with E-state index in [1.165, 1.54) is 29.3 Å². The molecule has 2 amide bonds. The molecule has 2 atom stereocenters.